The zero-order valence-electron chi connectivity index (χ0n) is 3.68. The average Bonchev–Trinajstić information content (AvgIpc) is 1.86. The van der Waals surface area contributed by atoms with E-state index in [0.717, 1.165) is 0 Å². The first-order valence-electron chi connectivity index (χ1n) is 1.98. The number of rotatable bonds is 0. The summed E-state index contributed by atoms with van der Waals surface area (Å²) >= 11 is 0. The average molecular weight is 87.1 g/mol. The molecule has 1 radical (unpaired) electrons. The lowest BCUT2D eigenvalue weighted by atomic mass is 10.8. The number of hydrogen-bond acceptors (Lipinski definition) is 2. The third-order valence-electron chi connectivity index (χ3n) is 0.687. The molecule has 6 heavy (non-hydrogen) atoms. The first-order chi connectivity index (χ1) is 2.89. The van der Waals surface area contributed by atoms with Crippen LogP contribution in [0.1, 0.15) is 6.92 Å². The van der Waals surface area contributed by atoms with E-state index in [9.17, 15) is 0 Å². The lowest BCUT2D eigenvalue weighted by molar-refractivity contribution is -0.0168. The van der Waals surface area contributed by atoms with Gasteiger partial charge in [0.05, 0.1) is 6.61 Å². The fraction of sp³-hybridized carbons (Fsp3) is 0.750. The largest absolute Gasteiger partial charge is 0.350 e. The molecule has 0 N–H and O–H groups in total. The normalized spacial score (nSPS) is 25.5. The quantitative estimate of drug-likeness (QED) is 0.429. The molecule has 1 fully saturated rings. The van der Waals surface area contributed by atoms with E-state index in [1.54, 1.807) is 6.61 Å². The standard InChI is InChI=1S/C4H7O2/c1-4-5-2-3-6-4/h2,4H,3H2,1H3. The smallest absolute Gasteiger partial charge is 0.155 e. The van der Waals surface area contributed by atoms with Crippen LogP contribution in [0, 0.1) is 6.61 Å². The Labute approximate surface area is 37.1 Å². The van der Waals surface area contributed by atoms with E-state index in [1.165, 1.54) is 0 Å². The molecule has 0 spiro atoms. The van der Waals surface area contributed by atoms with Gasteiger partial charge in [0.25, 0.3) is 0 Å². The molecular weight excluding hydrogens is 80.0 g/mol. The predicted molar refractivity (Wildman–Crippen MR) is 20.8 cm³/mol. The Morgan fingerprint density at radius 2 is 2.67 bits per heavy atom. The van der Waals surface area contributed by atoms with Gasteiger partial charge >= 0.3 is 0 Å². The van der Waals surface area contributed by atoms with Crippen LogP contribution < -0.4 is 0 Å². The zero-order chi connectivity index (χ0) is 4.41. The summed E-state index contributed by atoms with van der Waals surface area (Å²) < 4.78 is 9.68. The van der Waals surface area contributed by atoms with Crippen molar-refractivity contribution < 1.29 is 9.47 Å². The summed E-state index contributed by atoms with van der Waals surface area (Å²) in [4.78, 5) is 0. The SMILES string of the molecule is CC1O[CH]CO1. The monoisotopic (exact) mass is 87.0 g/mol. The molecule has 1 unspecified atom stereocenters. The van der Waals surface area contributed by atoms with Gasteiger partial charge in [0.2, 0.25) is 0 Å². The summed E-state index contributed by atoms with van der Waals surface area (Å²) in [7, 11) is 0. The van der Waals surface area contributed by atoms with Gasteiger partial charge in [-0.15, -0.1) is 0 Å². The van der Waals surface area contributed by atoms with Gasteiger partial charge in [-0.05, 0) is 6.92 Å². The van der Waals surface area contributed by atoms with Gasteiger partial charge in [0, 0.05) is 0 Å². The molecule has 0 aromatic heterocycles. The molecule has 1 aliphatic heterocycles. The van der Waals surface area contributed by atoms with Gasteiger partial charge in [-0.1, -0.05) is 0 Å². The van der Waals surface area contributed by atoms with Crippen molar-refractivity contribution in [2.24, 2.45) is 0 Å². The first-order valence-corrected chi connectivity index (χ1v) is 1.98. The van der Waals surface area contributed by atoms with Crippen LogP contribution in [0.2, 0.25) is 0 Å². The Balaban J connectivity index is 2.18. The van der Waals surface area contributed by atoms with Crippen molar-refractivity contribution in [2.45, 2.75) is 13.2 Å². The Bertz CT molecular complexity index is 38.8. The van der Waals surface area contributed by atoms with E-state index in [1.807, 2.05) is 6.92 Å². The molecule has 0 saturated carbocycles. The molecule has 1 heterocycles. The Kier molecular flexibility index (Phi) is 1.08. The van der Waals surface area contributed by atoms with Crippen molar-refractivity contribution in [1.29, 1.82) is 0 Å². The molecule has 0 amide bonds. The Morgan fingerprint density at radius 1 is 1.83 bits per heavy atom. The van der Waals surface area contributed by atoms with Crippen LogP contribution in [0.25, 0.3) is 0 Å². The maximum Gasteiger partial charge on any atom is 0.155 e. The molecule has 1 atom stereocenters. The highest BCUT2D eigenvalue weighted by Crippen LogP contribution is 2.03. The van der Waals surface area contributed by atoms with Crippen LogP contribution in [0.4, 0.5) is 0 Å². The highest BCUT2D eigenvalue weighted by Gasteiger charge is 2.07. The fourth-order valence-electron chi connectivity index (χ4n) is 0.389. The minimum Gasteiger partial charge on any atom is -0.350 e. The molecule has 2 heteroatoms. The molecule has 35 valence electrons. The van der Waals surface area contributed by atoms with E-state index in [2.05, 4.69) is 0 Å². The fourth-order valence-corrected chi connectivity index (χ4v) is 0.389. The molecule has 2 nitrogen and oxygen atoms in total. The molecule has 0 bridgehead atoms. The minimum absolute atomic E-state index is 0.00926. The van der Waals surface area contributed by atoms with Gasteiger partial charge < -0.3 is 9.47 Å². The lowest BCUT2D eigenvalue weighted by Gasteiger charge is -1.94. The second kappa shape index (κ2) is 1.58. The van der Waals surface area contributed by atoms with Crippen LogP contribution in [0.3, 0.4) is 0 Å². The molecule has 1 rings (SSSR count). The molecule has 0 aliphatic carbocycles. The maximum atomic E-state index is 4.88. The second-order valence-electron chi connectivity index (χ2n) is 1.20. The summed E-state index contributed by atoms with van der Waals surface area (Å²) in [5.74, 6) is 0. The van der Waals surface area contributed by atoms with Gasteiger partial charge in [-0.2, -0.15) is 0 Å². The predicted octanol–water partition coefficient (Wildman–Crippen LogP) is 0.541. The van der Waals surface area contributed by atoms with Crippen LogP contribution in [0.5, 0.6) is 0 Å². The van der Waals surface area contributed by atoms with Crippen LogP contribution in [0.15, 0.2) is 0 Å². The van der Waals surface area contributed by atoms with Gasteiger partial charge in [0.1, 0.15) is 6.61 Å². The molecular formula is C4H7O2. The molecule has 1 aliphatic rings. The number of hydrogen-bond donors (Lipinski definition) is 0. The van der Waals surface area contributed by atoms with Gasteiger partial charge in [0.15, 0.2) is 6.29 Å². The summed E-state index contributed by atoms with van der Waals surface area (Å²) in [6, 6.07) is 0. The second-order valence-corrected chi connectivity index (χ2v) is 1.20. The van der Waals surface area contributed by atoms with E-state index in [4.69, 9.17) is 9.47 Å². The zero-order valence-corrected chi connectivity index (χ0v) is 3.68. The van der Waals surface area contributed by atoms with E-state index >= 15 is 0 Å². The van der Waals surface area contributed by atoms with Crippen molar-refractivity contribution in [2.75, 3.05) is 6.61 Å². The van der Waals surface area contributed by atoms with Crippen LogP contribution in [-0.4, -0.2) is 12.9 Å². The van der Waals surface area contributed by atoms with Crippen molar-refractivity contribution in [3.63, 3.8) is 0 Å². The summed E-state index contributed by atoms with van der Waals surface area (Å²) in [5.41, 5.74) is 0. The number of ether oxygens (including phenoxy) is 2. The molecule has 1 saturated heterocycles. The Morgan fingerprint density at radius 3 is 2.83 bits per heavy atom. The van der Waals surface area contributed by atoms with E-state index < -0.39 is 0 Å². The van der Waals surface area contributed by atoms with Crippen LogP contribution >= 0.6 is 0 Å². The maximum absolute atomic E-state index is 4.88. The third-order valence-corrected chi connectivity index (χ3v) is 0.687. The topological polar surface area (TPSA) is 18.5 Å². The van der Waals surface area contributed by atoms with Crippen molar-refractivity contribution >= 4 is 0 Å². The summed E-state index contributed by atoms with van der Waals surface area (Å²) in [6.07, 6.45) is -0.00926. The summed E-state index contributed by atoms with van der Waals surface area (Å²) in [6.45, 7) is 4.16. The van der Waals surface area contributed by atoms with E-state index in [0.29, 0.717) is 6.61 Å². The summed E-state index contributed by atoms with van der Waals surface area (Å²) in [5, 5.41) is 0. The van der Waals surface area contributed by atoms with Crippen molar-refractivity contribution in [3.05, 3.63) is 6.61 Å². The third kappa shape index (κ3) is 0.698. The highest BCUT2D eigenvalue weighted by atomic mass is 16.7. The Hall–Kier alpha value is -0.0800. The van der Waals surface area contributed by atoms with Crippen molar-refractivity contribution in [1.82, 2.24) is 0 Å². The minimum atomic E-state index is -0.00926. The molecule has 0 aromatic rings. The van der Waals surface area contributed by atoms with Gasteiger partial charge in [-0.25, -0.2) is 0 Å². The van der Waals surface area contributed by atoms with Gasteiger partial charge in [-0.3, -0.25) is 0 Å². The lowest BCUT2D eigenvalue weighted by Crippen LogP contribution is -1.97. The molecule has 0 aromatic carbocycles. The van der Waals surface area contributed by atoms with E-state index in [-0.39, 0.29) is 6.29 Å². The van der Waals surface area contributed by atoms with Crippen LogP contribution in [-0.2, 0) is 9.47 Å². The van der Waals surface area contributed by atoms with Crippen molar-refractivity contribution in [3.8, 4) is 0 Å². The first kappa shape index (κ1) is 4.09. The highest BCUT2D eigenvalue weighted by molar-refractivity contribution is 4.54.